The number of hydrogen-bond acceptors (Lipinski definition) is 5. The normalized spacial score (nSPS) is 11.6. The lowest BCUT2D eigenvalue weighted by Gasteiger charge is -2.14. The molecule has 46 heavy (non-hydrogen) atoms. The van der Waals surface area contributed by atoms with E-state index in [1.165, 1.54) is 82.1 Å². The molecule has 0 spiro atoms. The molecule has 0 aliphatic carbocycles. The number of unbranched alkanes of at least 4 members (excludes halogenated alkanes) is 12. The fourth-order valence-corrected chi connectivity index (χ4v) is 5.33. The van der Waals surface area contributed by atoms with Crippen molar-refractivity contribution in [2.24, 2.45) is 0 Å². The number of halogens is 1. The van der Waals surface area contributed by atoms with Crippen molar-refractivity contribution in [1.82, 2.24) is 0 Å². The van der Waals surface area contributed by atoms with E-state index >= 15 is 0 Å². The molecular weight excluding hydrogens is 579 g/mol. The Balaban J connectivity index is 1.38. The number of benzene rings is 3. The molecule has 3 rings (SSSR count). The maximum absolute atomic E-state index is 13.3. The summed E-state index contributed by atoms with van der Waals surface area (Å²) in [5, 5.41) is 0. The average Bonchev–Trinajstić information content (AvgIpc) is 3.09. The molecule has 3 aromatic rings. The molecule has 0 amide bonds. The molecule has 1 atom stereocenters. The van der Waals surface area contributed by atoms with Gasteiger partial charge in [-0.3, -0.25) is 0 Å². The van der Waals surface area contributed by atoms with Gasteiger partial charge in [-0.1, -0.05) is 115 Å². The summed E-state index contributed by atoms with van der Waals surface area (Å²) in [5.74, 6) is 0.0897. The van der Waals surface area contributed by atoms with E-state index in [9.17, 15) is 14.0 Å². The summed E-state index contributed by atoms with van der Waals surface area (Å²) < 4.78 is 30.1. The van der Waals surface area contributed by atoms with Crippen LogP contribution in [0, 0.1) is 0 Å². The number of carbonyl (C=O) groups is 2. The fourth-order valence-electron chi connectivity index (χ4n) is 5.33. The van der Waals surface area contributed by atoms with Gasteiger partial charge in [0.2, 0.25) is 0 Å². The van der Waals surface area contributed by atoms with Gasteiger partial charge in [0.1, 0.15) is 24.3 Å². The molecule has 0 aromatic heterocycles. The van der Waals surface area contributed by atoms with E-state index < -0.39 is 24.7 Å². The summed E-state index contributed by atoms with van der Waals surface area (Å²) in [6, 6.07) is 21.4. The van der Waals surface area contributed by atoms with Gasteiger partial charge < -0.3 is 14.2 Å². The molecular formula is C40H53FO5. The molecule has 0 heterocycles. The van der Waals surface area contributed by atoms with E-state index in [0.29, 0.717) is 17.7 Å². The molecule has 0 bridgehead atoms. The molecule has 0 fully saturated rings. The van der Waals surface area contributed by atoms with E-state index in [4.69, 9.17) is 14.2 Å². The number of rotatable bonds is 23. The van der Waals surface area contributed by atoms with E-state index in [1.807, 2.05) is 36.4 Å². The summed E-state index contributed by atoms with van der Waals surface area (Å²) >= 11 is 0. The first-order chi connectivity index (χ1) is 22.5. The number of esters is 2. The van der Waals surface area contributed by atoms with Crippen molar-refractivity contribution in [2.45, 2.75) is 116 Å². The first-order valence-electron chi connectivity index (χ1n) is 17.5. The van der Waals surface area contributed by atoms with Crippen LogP contribution in [0.5, 0.6) is 11.5 Å². The van der Waals surface area contributed by atoms with Gasteiger partial charge in [-0.2, -0.15) is 0 Å². The van der Waals surface area contributed by atoms with E-state index in [0.717, 1.165) is 55.6 Å². The maximum atomic E-state index is 13.3. The van der Waals surface area contributed by atoms with Crippen molar-refractivity contribution in [1.29, 1.82) is 0 Å². The third-order valence-electron chi connectivity index (χ3n) is 8.20. The first-order valence-corrected chi connectivity index (χ1v) is 17.5. The highest BCUT2D eigenvalue weighted by atomic mass is 19.1. The zero-order chi connectivity index (χ0) is 32.8. The minimum absolute atomic E-state index is 0.284. The zero-order valence-corrected chi connectivity index (χ0v) is 27.9. The minimum atomic E-state index is -0.740. The quantitative estimate of drug-likeness (QED) is 0.0591. The van der Waals surface area contributed by atoms with Crippen molar-refractivity contribution >= 4 is 11.9 Å². The second-order valence-corrected chi connectivity index (χ2v) is 12.1. The van der Waals surface area contributed by atoms with Gasteiger partial charge in [-0.05, 0) is 78.9 Å². The predicted molar refractivity (Wildman–Crippen MR) is 185 cm³/mol. The topological polar surface area (TPSA) is 61.8 Å². The van der Waals surface area contributed by atoms with Crippen LogP contribution in [0.15, 0.2) is 72.8 Å². The van der Waals surface area contributed by atoms with E-state index in [-0.39, 0.29) is 5.56 Å². The van der Waals surface area contributed by atoms with Crippen molar-refractivity contribution in [3.8, 4) is 22.6 Å². The fraction of sp³-hybridized carbons (Fsp3) is 0.500. The Morgan fingerprint density at radius 1 is 0.565 bits per heavy atom. The zero-order valence-electron chi connectivity index (χ0n) is 27.9. The maximum Gasteiger partial charge on any atom is 0.343 e. The SMILES string of the molecule is CCCCCCCCCCCCOc1ccc(-c2ccc(C(=O)Oc3ccc(C(=O)O[C@H](CF)CCCCCC)cc3)cc2)cc1. The van der Waals surface area contributed by atoms with Crippen LogP contribution in [-0.2, 0) is 4.74 Å². The lowest BCUT2D eigenvalue weighted by molar-refractivity contribution is 0.0211. The number of alkyl halides is 1. The molecule has 250 valence electrons. The van der Waals surface area contributed by atoms with Crippen LogP contribution < -0.4 is 9.47 Å². The lowest BCUT2D eigenvalue weighted by Crippen LogP contribution is -2.20. The van der Waals surface area contributed by atoms with Crippen LogP contribution in [0.4, 0.5) is 4.39 Å². The second-order valence-electron chi connectivity index (χ2n) is 12.1. The first kappa shape index (κ1) is 36.8. The molecule has 0 aliphatic rings. The largest absolute Gasteiger partial charge is 0.494 e. The van der Waals surface area contributed by atoms with Gasteiger partial charge in [-0.15, -0.1) is 0 Å². The van der Waals surface area contributed by atoms with Crippen molar-refractivity contribution in [2.75, 3.05) is 13.3 Å². The van der Waals surface area contributed by atoms with Gasteiger partial charge in [0, 0.05) is 0 Å². The Kier molecular flexibility index (Phi) is 17.6. The predicted octanol–water partition coefficient (Wildman–Crippen LogP) is 11.3. The molecule has 6 heteroatoms. The van der Waals surface area contributed by atoms with Crippen LogP contribution in [0.3, 0.4) is 0 Å². The smallest absolute Gasteiger partial charge is 0.343 e. The molecule has 5 nitrogen and oxygen atoms in total. The van der Waals surface area contributed by atoms with Crippen LogP contribution in [-0.4, -0.2) is 31.3 Å². The summed E-state index contributed by atoms with van der Waals surface area (Å²) in [6.07, 6.45) is 16.8. The third kappa shape index (κ3) is 13.8. The van der Waals surface area contributed by atoms with Crippen LogP contribution in [0.2, 0.25) is 0 Å². The van der Waals surface area contributed by atoms with Gasteiger partial charge in [0.25, 0.3) is 0 Å². The average molecular weight is 633 g/mol. The van der Waals surface area contributed by atoms with Gasteiger partial charge in [-0.25, -0.2) is 14.0 Å². The Morgan fingerprint density at radius 2 is 1.02 bits per heavy atom. The lowest BCUT2D eigenvalue weighted by atomic mass is 10.0. The Labute approximate surface area is 275 Å². The van der Waals surface area contributed by atoms with Gasteiger partial charge >= 0.3 is 11.9 Å². The highest BCUT2D eigenvalue weighted by molar-refractivity contribution is 5.92. The monoisotopic (exact) mass is 632 g/mol. The van der Waals surface area contributed by atoms with Crippen LogP contribution in [0.1, 0.15) is 131 Å². The van der Waals surface area contributed by atoms with Crippen LogP contribution >= 0.6 is 0 Å². The second kappa shape index (κ2) is 22.0. The van der Waals surface area contributed by atoms with Crippen molar-refractivity contribution in [3.63, 3.8) is 0 Å². The number of ether oxygens (including phenoxy) is 3. The van der Waals surface area contributed by atoms with Gasteiger partial charge in [0.15, 0.2) is 0 Å². The Hall–Kier alpha value is -3.67. The molecule has 0 saturated heterocycles. The summed E-state index contributed by atoms with van der Waals surface area (Å²) in [4.78, 5) is 25.2. The van der Waals surface area contributed by atoms with E-state index in [1.54, 1.807) is 12.1 Å². The molecule has 0 saturated carbocycles. The molecule has 3 aromatic carbocycles. The minimum Gasteiger partial charge on any atom is -0.494 e. The van der Waals surface area contributed by atoms with Crippen molar-refractivity contribution < 1.29 is 28.2 Å². The number of hydrogen-bond donors (Lipinski definition) is 0. The molecule has 0 N–H and O–H groups in total. The van der Waals surface area contributed by atoms with Gasteiger partial charge in [0.05, 0.1) is 17.7 Å². The summed E-state index contributed by atoms with van der Waals surface area (Å²) in [5.41, 5.74) is 2.71. The summed E-state index contributed by atoms with van der Waals surface area (Å²) in [6.45, 7) is 4.40. The highest BCUT2D eigenvalue weighted by Crippen LogP contribution is 2.24. The van der Waals surface area contributed by atoms with E-state index in [2.05, 4.69) is 13.8 Å². The van der Waals surface area contributed by atoms with Crippen LogP contribution in [0.25, 0.3) is 11.1 Å². The molecule has 0 aliphatic heterocycles. The standard InChI is InChI=1S/C40H53FO5/c1-3-5-7-9-10-11-12-13-14-16-30-44-36-26-22-33(23-27-36)32-18-20-34(21-19-32)39(42)45-37-28-24-35(25-29-37)40(43)46-38(31-41)17-15-8-6-4-2/h18-29,38H,3-17,30-31H2,1-2H3/t38-/m0/s1. The Morgan fingerprint density at radius 3 is 1.59 bits per heavy atom. The number of carbonyl (C=O) groups excluding carboxylic acids is 2. The third-order valence-corrected chi connectivity index (χ3v) is 8.20. The summed E-state index contributed by atoms with van der Waals surface area (Å²) in [7, 11) is 0. The molecule has 0 unspecified atom stereocenters. The molecule has 0 radical (unpaired) electrons. The Bertz CT molecular complexity index is 1250. The van der Waals surface area contributed by atoms with Crippen molar-refractivity contribution in [3.05, 3.63) is 83.9 Å². The highest BCUT2D eigenvalue weighted by Gasteiger charge is 2.17.